The average molecular weight is 269 g/mol. The van der Waals surface area contributed by atoms with Crippen LogP contribution in [0.4, 0.5) is 0 Å². The van der Waals surface area contributed by atoms with Crippen LogP contribution in [0.25, 0.3) is 0 Å². The van der Waals surface area contributed by atoms with Crippen LogP contribution in [-0.4, -0.2) is 62.5 Å². The number of methoxy groups -OCH3 is 1. The molecule has 0 bridgehead atoms. The molecule has 1 unspecified atom stereocenters. The topological polar surface area (TPSA) is 54.0 Å². The van der Waals surface area contributed by atoms with Crippen LogP contribution < -0.4 is 14.8 Å². The van der Waals surface area contributed by atoms with Crippen molar-refractivity contribution in [1.82, 2.24) is 10.2 Å². The third-order valence-electron chi connectivity index (χ3n) is 3.07. The summed E-state index contributed by atoms with van der Waals surface area (Å²) in [6, 6.07) is 6.55. The van der Waals surface area contributed by atoms with Crippen molar-refractivity contribution in [1.29, 1.82) is 0 Å². The number of benzene rings is 1. The van der Waals surface area contributed by atoms with Gasteiger partial charge in [-0.3, -0.25) is 4.90 Å². The minimum Gasteiger partial charge on any atom is -0.493 e. The van der Waals surface area contributed by atoms with E-state index in [9.17, 15) is 5.11 Å². The fourth-order valence-corrected chi connectivity index (χ4v) is 2.08. The van der Waals surface area contributed by atoms with Gasteiger partial charge in [0, 0.05) is 32.7 Å². The zero-order valence-electron chi connectivity index (χ0n) is 13.8. The highest BCUT2D eigenvalue weighted by Gasteiger charge is 2.15. The number of aliphatic hydroxyl groups is 1. The van der Waals surface area contributed by atoms with Crippen LogP contribution in [0.5, 0.6) is 11.5 Å². The van der Waals surface area contributed by atoms with Gasteiger partial charge in [0.25, 0.3) is 0 Å². The Kier molecular flexibility index (Phi) is 4.04. The van der Waals surface area contributed by atoms with Crippen molar-refractivity contribution in [3.05, 3.63) is 24.3 Å². The molecule has 1 aromatic carbocycles. The number of aliphatic hydroxyl groups excluding tert-OH is 1. The van der Waals surface area contributed by atoms with Gasteiger partial charge in [0.1, 0.15) is 12.7 Å². The zero-order chi connectivity index (χ0) is 16.0. The zero-order valence-corrected chi connectivity index (χ0v) is 10.8. The Labute approximate surface area is 118 Å². The molecule has 0 amide bonds. The lowest BCUT2D eigenvalue weighted by Gasteiger charge is -2.29. The second kappa shape index (κ2) is 7.33. The number of nitrogens with zero attached hydrogens (tertiary/aromatic N) is 1. The SMILES string of the molecule is [2H]C([2H])([2H])Oc1ccccc1OCC(O)CN1CCNCC1. The molecule has 19 heavy (non-hydrogen) atoms. The maximum Gasteiger partial charge on any atom is 0.161 e. The summed E-state index contributed by atoms with van der Waals surface area (Å²) in [5.41, 5.74) is 0. The molecule has 106 valence electrons. The van der Waals surface area contributed by atoms with E-state index in [2.05, 4.69) is 10.2 Å². The van der Waals surface area contributed by atoms with Crippen LogP contribution in [0.2, 0.25) is 0 Å². The molecular weight excluding hydrogens is 244 g/mol. The molecule has 1 saturated heterocycles. The predicted octanol–water partition coefficient (Wildman–Crippen LogP) is 0.340. The van der Waals surface area contributed by atoms with Gasteiger partial charge in [0.05, 0.1) is 11.2 Å². The van der Waals surface area contributed by atoms with E-state index in [0.29, 0.717) is 12.3 Å². The fraction of sp³-hybridized carbons (Fsp3) is 0.571. The third-order valence-corrected chi connectivity index (χ3v) is 3.07. The Morgan fingerprint density at radius 3 is 2.84 bits per heavy atom. The molecule has 0 spiro atoms. The first-order valence-corrected chi connectivity index (χ1v) is 6.46. The van der Waals surface area contributed by atoms with Crippen LogP contribution in [0.1, 0.15) is 4.11 Å². The number of β-amino-alcohol motifs (C(OH)–C–C–N with tert-alkyl or cyclic N) is 1. The Morgan fingerprint density at radius 1 is 1.37 bits per heavy atom. The van der Waals surface area contributed by atoms with Gasteiger partial charge in [-0.2, -0.15) is 0 Å². The summed E-state index contributed by atoms with van der Waals surface area (Å²) in [6.07, 6.45) is -0.640. The summed E-state index contributed by atoms with van der Waals surface area (Å²) in [4.78, 5) is 2.16. The van der Waals surface area contributed by atoms with Crippen LogP contribution in [0, 0.1) is 0 Å². The summed E-state index contributed by atoms with van der Waals surface area (Å²) < 4.78 is 31.8. The number of rotatable bonds is 6. The van der Waals surface area contributed by atoms with Gasteiger partial charge in [0.15, 0.2) is 11.5 Å². The van der Waals surface area contributed by atoms with Gasteiger partial charge in [-0.05, 0) is 12.1 Å². The van der Waals surface area contributed by atoms with Crippen molar-refractivity contribution in [2.75, 3.05) is 46.4 Å². The molecule has 1 atom stereocenters. The van der Waals surface area contributed by atoms with Gasteiger partial charge in [0.2, 0.25) is 0 Å². The summed E-state index contributed by atoms with van der Waals surface area (Å²) in [5.74, 6) is 0.467. The highest BCUT2D eigenvalue weighted by atomic mass is 16.5. The smallest absolute Gasteiger partial charge is 0.161 e. The molecular formula is C14H22N2O3. The van der Waals surface area contributed by atoms with E-state index in [1.165, 1.54) is 6.07 Å². The molecule has 0 saturated carbocycles. The van der Waals surface area contributed by atoms with E-state index in [1.54, 1.807) is 18.2 Å². The lowest BCUT2D eigenvalue weighted by molar-refractivity contribution is 0.0632. The van der Waals surface area contributed by atoms with E-state index in [-0.39, 0.29) is 12.4 Å². The number of para-hydroxylation sites is 2. The summed E-state index contributed by atoms with van der Waals surface area (Å²) in [6.45, 7) is 4.26. The number of hydrogen-bond donors (Lipinski definition) is 2. The molecule has 0 radical (unpaired) electrons. The van der Waals surface area contributed by atoms with Crippen LogP contribution in [0.3, 0.4) is 0 Å². The fourth-order valence-electron chi connectivity index (χ4n) is 2.08. The van der Waals surface area contributed by atoms with E-state index < -0.39 is 13.1 Å². The van der Waals surface area contributed by atoms with Crippen molar-refractivity contribution in [3.63, 3.8) is 0 Å². The maximum absolute atomic E-state index is 10.0. The Balaban J connectivity index is 1.85. The van der Waals surface area contributed by atoms with Gasteiger partial charge in [-0.15, -0.1) is 0 Å². The predicted molar refractivity (Wildman–Crippen MR) is 73.8 cm³/mol. The molecule has 5 nitrogen and oxygen atoms in total. The second-order valence-corrected chi connectivity index (χ2v) is 4.56. The number of piperazine rings is 1. The molecule has 1 aliphatic rings. The summed E-state index contributed by atoms with van der Waals surface area (Å²) >= 11 is 0. The largest absolute Gasteiger partial charge is 0.493 e. The molecule has 5 heteroatoms. The Morgan fingerprint density at radius 2 is 2.11 bits per heavy atom. The maximum atomic E-state index is 10.0. The second-order valence-electron chi connectivity index (χ2n) is 4.56. The average Bonchev–Trinajstić information content (AvgIpc) is 2.46. The van der Waals surface area contributed by atoms with E-state index in [1.807, 2.05) is 0 Å². The molecule has 1 aliphatic heterocycles. The summed E-state index contributed by atoms with van der Waals surface area (Å²) in [5, 5.41) is 13.3. The minimum absolute atomic E-state index is 0.0886. The molecule has 1 heterocycles. The highest BCUT2D eigenvalue weighted by molar-refractivity contribution is 5.39. The Hall–Kier alpha value is -1.30. The first kappa shape index (κ1) is 10.5. The molecule has 0 aromatic heterocycles. The number of nitrogens with one attached hydrogen (secondary N) is 1. The minimum atomic E-state index is -2.53. The van der Waals surface area contributed by atoms with Crippen molar-refractivity contribution in [3.8, 4) is 11.5 Å². The number of hydrogen-bond acceptors (Lipinski definition) is 5. The van der Waals surface area contributed by atoms with Crippen LogP contribution in [-0.2, 0) is 0 Å². The first-order chi connectivity index (χ1) is 10.4. The van der Waals surface area contributed by atoms with Gasteiger partial charge >= 0.3 is 0 Å². The standard InChI is InChI=1S/C14H22N2O3/c1-18-13-4-2-3-5-14(13)19-11-12(17)10-16-8-6-15-7-9-16/h2-5,12,15,17H,6-11H2,1H3/i1D3. The summed E-state index contributed by atoms with van der Waals surface area (Å²) in [7, 11) is -2.53. The molecule has 1 aromatic rings. The van der Waals surface area contributed by atoms with E-state index >= 15 is 0 Å². The van der Waals surface area contributed by atoms with Crippen LogP contribution >= 0.6 is 0 Å². The molecule has 0 aliphatic carbocycles. The van der Waals surface area contributed by atoms with Gasteiger partial charge < -0.3 is 19.9 Å². The molecule has 2 rings (SSSR count). The lowest BCUT2D eigenvalue weighted by Crippen LogP contribution is -2.47. The van der Waals surface area contributed by atoms with Crippen molar-refractivity contribution < 1.29 is 18.7 Å². The van der Waals surface area contributed by atoms with Gasteiger partial charge in [-0.1, -0.05) is 12.1 Å². The quantitative estimate of drug-likeness (QED) is 0.780. The van der Waals surface area contributed by atoms with E-state index in [4.69, 9.17) is 13.6 Å². The van der Waals surface area contributed by atoms with Crippen molar-refractivity contribution in [2.45, 2.75) is 6.10 Å². The van der Waals surface area contributed by atoms with E-state index in [0.717, 1.165) is 26.2 Å². The lowest BCUT2D eigenvalue weighted by atomic mass is 10.3. The van der Waals surface area contributed by atoms with Crippen molar-refractivity contribution >= 4 is 0 Å². The van der Waals surface area contributed by atoms with Crippen LogP contribution in [0.15, 0.2) is 24.3 Å². The van der Waals surface area contributed by atoms with Crippen molar-refractivity contribution in [2.24, 2.45) is 0 Å². The van der Waals surface area contributed by atoms with Gasteiger partial charge in [-0.25, -0.2) is 0 Å². The number of ether oxygens (including phenoxy) is 2. The third kappa shape index (κ3) is 4.38. The monoisotopic (exact) mass is 269 g/mol. The molecule has 2 N–H and O–H groups in total. The normalized spacial score (nSPS) is 21.0. The highest BCUT2D eigenvalue weighted by Crippen LogP contribution is 2.25. The molecule has 1 fully saturated rings. The Bertz CT molecular complexity index is 465. The first-order valence-electron chi connectivity index (χ1n) is 7.96.